The predicted octanol–water partition coefficient (Wildman–Crippen LogP) is 3.23. The van der Waals surface area contributed by atoms with Gasteiger partial charge in [-0.1, -0.05) is 30.7 Å². The van der Waals surface area contributed by atoms with Gasteiger partial charge in [0.25, 0.3) is 0 Å². The smallest absolute Gasteiger partial charge is 0.0846 e. The molecule has 1 aromatic carbocycles. The Morgan fingerprint density at radius 3 is 2.80 bits per heavy atom. The SMILES string of the molecule is COC1(CNC[C@H](C)c2cccc(Cl)c2)CCOCC1. The molecule has 0 saturated carbocycles. The Bertz CT molecular complexity index is 419. The molecule has 2 rings (SSSR count). The second-order valence-electron chi connectivity index (χ2n) is 5.59. The monoisotopic (exact) mass is 297 g/mol. The molecule has 1 heterocycles. The van der Waals surface area contributed by atoms with Crippen LogP contribution in [0, 0.1) is 0 Å². The average Bonchev–Trinajstić information content (AvgIpc) is 2.48. The molecule has 1 aromatic rings. The molecule has 0 unspecified atom stereocenters. The lowest BCUT2D eigenvalue weighted by molar-refractivity contribution is -0.0875. The standard InChI is InChI=1S/C16H24ClNO2/c1-13(14-4-3-5-15(17)10-14)11-18-12-16(19-2)6-8-20-9-7-16/h3-5,10,13,18H,6-9,11-12H2,1-2H3/t13-/m0/s1. The molecule has 1 aliphatic heterocycles. The van der Waals surface area contributed by atoms with Crippen LogP contribution in [0.1, 0.15) is 31.2 Å². The minimum atomic E-state index is -0.0632. The molecule has 0 aliphatic carbocycles. The molecule has 1 fully saturated rings. The third-order valence-electron chi connectivity index (χ3n) is 4.15. The van der Waals surface area contributed by atoms with Gasteiger partial charge in [-0.3, -0.25) is 0 Å². The van der Waals surface area contributed by atoms with Crippen LogP contribution in [0.5, 0.6) is 0 Å². The van der Waals surface area contributed by atoms with Crippen LogP contribution in [-0.4, -0.2) is 39.0 Å². The van der Waals surface area contributed by atoms with Crippen LogP contribution in [0.4, 0.5) is 0 Å². The Morgan fingerprint density at radius 1 is 1.40 bits per heavy atom. The molecule has 0 aromatic heterocycles. The van der Waals surface area contributed by atoms with E-state index in [1.54, 1.807) is 7.11 Å². The minimum Gasteiger partial charge on any atom is -0.381 e. The lowest BCUT2D eigenvalue weighted by Crippen LogP contribution is -2.47. The summed E-state index contributed by atoms with van der Waals surface area (Å²) >= 11 is 6.03. The zero-order chi connectivity index (χ0) is 14.4. The first-order valence-electron chi connectivity index (χ1n) is 7.24. The summed E-state index contributed by atoms with van der Waals surface area (Å²) in [7, 11) is 1.80. The molecule has 1 N–H and O–H groups in total. The first-order valence-corrected chi connectivity index (χ1v) is 7.62. The van der Waals surface area contributed by atoms with Gasteiger partial charge in [-0.25, -0.2) is 0 Å². The van der Waals surface area contributed by atoms with E-state index in [9.17, 15) is 0 Å². The fourth-order valence-corrected chi connectivity index (χ4v) is 2.84. The van der Waals surface area contributed by atoms with Crippen molar-refractivity contribution in [3.8, 4) is 0 Å². The Labute approximate surface area is 126 Å². The second kappa shape index (κ2) is 7.41. The number of ether oxygens (including phenoxy) is 2. The molecule has 0 radical (unpaired) electrons. The third-order valence-corrected chi connectivity index (χ3v) is 4.39. The highest BCUT2D eigenvalue weighted by molar-refractivity contribution is 6.30. The number of halogens is 1. The topological polar surface area (TPSA) is 30.5 Å². The zero-order valence-corrected chi connectivity index (χ0v) is 13.1. The van der Waals surface area contributed by atoms with Crippen LogP contribution in [0.2, 0.25) is 5.02 Å². The lowest BCUT2D eigenvalue weighted by atomic mass is 9.93. The molecular weight excluding hydrogens is 274 g/mol. The predicted molar refractivity (Wildman–Crippen MR) is 82.5 cm³/mol. The summed E-state index contributed by atoms with van der Waals surface area (Å²) in [5.74, 6) is 0.433. The summed E-state index contributed by atoms with van der Waals surface area (Å²) in [6, 6.07) is 8.07. The molecule has 20 heavy (non-hydrogen) atoms. The number of methoxy groups -OCH3 is 1. The van der Waals surface area contributed by atoms with E-state index in [-0.39, 0.29) is 5.60 Å². The van der Waals surface area contributed by atoms with Crippen LogP contribution < -0.4 is 5.32 Å². The Kier molecular flexibility index (Phi) is 5.85. The number of nitrogens with one attached hydrogen (secondary N) is 1. The highest BCUT2D eigenvalue weighted by atomic mass is 35.5. The van der Waals surface area contributed by atoms with E-state index in [1.165, 1.54) is 5.56 Å². The Balaban J connectivity index is 1.82. The maximum atomic E-state index is 6.03. The highest BCUT2D eigenvalue weighted by Crippen LogP contribution is 2.24. The first-order chi connectivity index (χ1) is 9.65. The van der Waals surface area contributed by atoms with Gasteiger partial charge < -0.3 is 14.8 Å². The molecule has 0 amide bonds. The van der Waals surface area contributed by atoms with Crippen LogP contribution in [0.3, 0.4) is 0 Å². The lowest BCUT2D eigenvalue weighted by Gasteiger charge is -2.36. The summed E-state index contributed by atoms with van der Waals surface area (Å²) < 4.78 is 11.1. The minimum absolute atomic E-state index is 0.0632. The Hall–Kier alpha value is -0.610. The highest BCUT2D eigenvalue weighted by Gasteiger charge is 2.32. The molecule has 0 bridgehead atoms. The van der Waals surface area contributed by atoms with E-state index >= 15 is 0 Å². The van der Waals surface area contributed by atoms with Crippen molar-refractivity contribution in [2.45, 2.75) is 31.3 Å². The van der Waals surface area contributed by atoms with Gasteiger partial charge in [0.1, 0.15) is 0 Å². The Morgan fingerprint density at radius 2 is 2.15 bits per heavy atom. The van der Waals surface area contributed by atoms with Crippen LogP contribution in [0.25, 0.3) is 0 Å². The summed E-state index contributed by atoms with van der Waals surface area (Å²) in [6.45, 7) is 5.59. The second-order valence-corrected chi connectivity index (χ2v) is 6.02. The van der Waals surface area contributed by atoms with E-state index in [0.29, 0.717) is 5.92 Å². The molecule has 112 valence electrons. The van der Waals surface area contributed by atoms with Crippen molar-refractivity contribution in [3.05, 3.63) is 34.9 Å². The van der Waals surface area contributed by atoms with Crippen molar-refractivity contribution in [3.63, 3.8) is 0 Å². The number of benzene rings is 1. The van der Waals surface area contributed by atoms with E-state index in [4.69, 9.17) is 21.1 Å². The molecule has 1 atom stereocenters. The van der Waals surface area contributed by atoms with Crippen molar-refractivity contribution in [1.82, 2.24) is 5.32 Å². The molecule has 4 heteroatoms. The van der Waals surface area contributed by atoms with E-state index < -0.39 is 0 Å². The zero-order valence-electron chi connectivity index (χ0n) is 12.3. The van der Waals surface area contributed by atoms with Gasteiger partial charge >= 0.3 is 0 Å². The first kappa shape index (κ1) is 15.8. The van der Waals surface area contributed by atoms with Crippen LogP contribution in [-0.2, 0) is 9.47 Å². The molecule has 1 aliphatic rings. The summed E-state index contributed by atoms with van der Waals surface area (Å²) in [5.41, 5.74) is 1.20. The third kappa shape index (κ3) is 4.19. The molecule has 3 nitrogen and oxygen atoms in total. The van der Waals surface area contributed by atoms with E-state index in [1.807, 2.05) is 18.2 Å². The van der Waals surface area contributed by atoms with Gasteiger partial charge in [-0.15, -0.1) is 0 Å². The van der Waals surface area contributed by atoms with Gasteiger partial charge in [-0.05, 0) is 23.6 Å². The average molecular weight is 298 g/mol. The van der Waals surface area contributed by atoms with Crippen molar-refractivity contribution in [2.24, 2.45) is 0 Å². The van der Waals surface area contributed by atoms with Crippen molar-refractivity contribution in [1.29, 1.82) is 0 Å². The van der Waals surface area contributed by atoms with Crippen LogP contribution >= 0.6 is 11.6 Å². The van der Waals surface area contributed by atoms with Gasteiger partial charge in [0.05, 0.1) is 5.60 Å². The number of hydrogen-bond acceptors (Lipinski definition) is 3. The van der Waals surface area contributed by atoms with Crippen molar-refractivity contribution in [2.75, 3.05) is 33.4 Å². The van der Waals surface area contributed by atoms with Gasteiger partial charge in [0.2, 0.25) is 0 Å². The summed E-state index contributed by atoms with van der Waals surface area (Å²) in [4.78, 5) is 0. The quantitative estimate of drug-likeness (QED) is 0.874. The van der Waals surface area contributed by atoms with Crippen LogP contribution in [0.15, 0.2) is 24.3 Å². The molecule has 0 spiro atoms. The number of hydrogen-bond donors (Lipinski definition) is 1. The molecule has 1 saturated heterocycles. The fraction of sp³-hybridized carbons (Fsp3) is 0.625. The van der Waals surface area contributed by atoms with Gasteiger partial charge in [0, 0.05) is 51.3 Å². The van der Waals surface area contributed by atoms with Gasteiger partial charge in [0.15, 0.2) is 0 Å². The summed E-state index contributed by atoms with van der Waals surface area (Å²) in [5, 5.41) is 4.34. The maximum absolute atomic E-state index is 6.03. The van der Waals surface area contributed by atoms with E-state index in [2.05, 4.69) is 18.3 Å². The molecular formula is C16H24ClNO2. The largest absolute Gasteiger partial charge is 0.381 e. The number of rotatable bonds is 6. The maximum Gasteiger partial charge on any atom is 0.0846 e. The van der Waals surface area contributed by atoms with Gasteiger partial charge in [-0.2, -0.15) is 0 Å². The fourth-order valence-electron chi connectivity index (χ4n) is 2.64. The van der Waals surface area contributed by atoms with Crippen molar-refractivity contribution < 1.29 is 9.47 Å². The summed E-state index contributed by atoms with van der Waals surface area (Å²) in [6.07, 6.45) is 1.92. The van der Waals surface area contributed by atoms with Crippen molar-refractivity contribution >= 4 is 11.6 Å². The van der Waals surface area contributed by atoms with E-state index in [0.717, 1.165) is 44.2 Å². The normalized spacial score (nSPS) is 19.8.